The minimum atomic E-state index is -0.119. The average molecular weight is 209 g/mol. The highest BCUT2D eigenvalue weighted by Crippen LogP contribution is 2.24. The molecule has 5 heteroatoms. The molecule has 3 N–H and O–H groups in total. The highest BCUT2D eigenvalue weighted by atomic mass is 16.5. The molecule has 0 aliphatic carbocycles. The van der Waals surface area contributed by atoms with Crippen LogP contribution in [0.25, 0.3) is 0 Å². The lowest BCUT2D eigenvalue weighted by molar-refractivity contribution is 0.0844. The summed E-state index contributed by atoms with van der Waals surface area (Å²) in [6.45, 7) is 1.76. The molecule has 0 aromatic carbocycles. The van der Waals surface area contributed by atoms with E-state index in [-0.39, 0.29) is 12.1 Å². The van der Waals surface area contributed by atoms with Gasteiger partial charge in [0.15, 0.2) is 0 Å². The van der Waals surface area contributed by atoms with Crippen molar-refractivity contribution in [3.05, 3.63) is 27.9 Å². The topological polar surface area (TPSA) is 81.0 Å². The molecule has 15 heavy (non-hydrogen) atoms. The van der Waals surface area contributed by atoms with Gasteiger partial charge in [0.05, 0.1) is 12.2 Å². The summed E-state index contributed by atoms with van der Waals surface area (Å²) in [6, 6.07) is 1.56. The number of nitrogens with one attached hydrogen (secondary N) is 1. The van der Waals surface area contributed by atoms with Crippen molar-refractivity contribution in [2.24, 2.45) is 5.73 Å². The molecule has 1 aromatic heterocycles. The summed E-state index contributed by atoms with van der Waals surface area (Å²) < 4.78 is 5.27. The van der Waals surface area contributed by atoms with Gasteiger partial charge in [-0.1, -0.05) is 0 Å². The number of aromatic amines is 1. The normalized spacial score (nSPS) is 17.9. The molecule has 0 spiro atoms. The number of H-pyrrole nitrogens is 1. The van der Waals surface area contributed by atoms with Crippen LogP contribution in [0.5, 0.6) is 0 Å². The predicted octanol–water partition coefficient (Wildman–Crippen LogP) is 0.123. The van der Waals surface area contributed by atoms with Gasteiger partial charge in [-0.2, -0.15) is 0 Å². The fraction of sp³-hybridized carbons (Fsp3) is 0.600. The number of aromatic nitrogens is 2. The van der Waals surface area contributed by atoms with Gasteiger partial charge < -0.3 is 15.5 Å². The van der Waals surface area contributed by atoms with Crippen molar-refractivity contribution in [3.63, 3.8) is 0 Å². The van der Waals surface area contributed by atoms with Gasteiger partial charge in [-0.3, -0.25) is 4.79 Å². The first-order valence-corrected chi connectivity index (χ1v) is 5.17. The third kappa shape index (κ3) is 2.43. The van der Waals surface area contributed by atoms with E-state index in [0.29, 0.717) is 11.7 Å². The molecule has 0 bridgehead atoms. The number of hydrogen-bond acceptors (Lipinski definition) is 4. The van der Waals surface area contributed by atoms with Crippen LogP contribution >= 0.6 is 0 Å². The molecular formula is C10H15N3O2. The summed E-state index contributed by atoms with van der Waals surface area (Å²) >= 11 is 0. The lowest BCUT2D eigenvalue weighted by atomic mass is 9.96. The molecule has 2 heterocycles. The van der Waals surface area contributed by atoms with E-state index in [4.69, 9.17) is 10.5 Å². The number of nitrogens with two attached hydrogens (primary N) is 1. The highest BCUT2D eigenvalue weighted by molar-refractivity contribution is 5.09. The Labute approximate surface area is 87.7 Å². The SMILES string of the molecule is NCc1nc(C2CCOCC2)cc(=O)[nH]1. The van der Waals surface area contributed by atoms with Crippen LogP contribution in [0.15, 0.2) is 10.9 Å². The van der Waals surface area contributed by atoms with Crippen LogP contribution in [0.2, 0.25) is 0 Å². The predicted molar refractivity (Wildman–Crippen MR) is 55.5 cm³/mol. The lowest BCUT2D eigenvalue weighted by Gasteiger charge is -2.21. The first-order chi connectivity index (χ1) is 7.29. The molecule has 0 amide bonds. The second kappa shape index (κ2) is 4.55. The average Bonchev–Trinajstić information content (AvgIpc) is 2.29. The molecule has 0 unspecified atom stereocenters. The molecular weight excluding hydrogens is 194 g/mol. The number of nitrogens with zero attached hydrogens (tertiary/aromatic N) is 1. The summed E-state index contributed by atoms with van der Waals surface area (Å²) in [4.78, 5) is 18.3. The Bertz CT molecular complexity index is 382. The van der Waals surface area contributed by atoms with E-state index in [1.54, 1.807) is 6.07 Å². The van der Waals surface area contributed by atoms with Gasteiger partial charge in [0, 0.05) is 25.2 Å². The maximum absolute atomic E-state index is 11.3. The standard InChI is InChI=1S/C10H15N3O2/c11-6-9-12-8(5-10(14)13-9)7-1-3-15-4-2-7/h5,7H,1-4,6,11H2,(H,12,13,14). The molecule has 0 atom stereocenters. The number of hydrogen-bond donors (Lipinski definition) is 2. The molecule has 5 nitrogen and oxygen atoms in total. The number of ether oxygens (including phenoxy) is 1. The van der Waals surface area contributed by atoms with E-state index in [1.807, 2.05) is 0 Å². The summed E-state index contributed by atoms with van der Waals surface area (Å²) in [7, 11) is 0. The molecule has 82 valence electrons. The van der Waals surface area contributed by atoms with Gasteiger partial charge in [0.25, 0.3) is 5.56 Å². The van der Waals surface area contributed by atoms with E-state index < -0.39 is 0 Å². The van der Waals surface area contributed by atoms with E-state index in [2.05, 4.69) is 9.97 Å². The summed E-state index contributed by atoms with van der Waals surface area (Å²) in [6.07, 6.45) is 1.86. The second-order valence-corrected chi connectivity index (χ2v) is 3.71. The molecule has 2 rings (SSSR count). The maximum Gasteiger partial charge on any atom is 0.251 e. The third-order valence-corrected chi connectivity index (χ3v) is 2.64. The minimum absolute atomic E-state index is 0.119. The molecule has 1 aliphatic heterocycles. The van der Waals surface area contributed by atoms with Gasteiger partial charge in [0.1, 0.15) is 5.82 Å². The van der Waals surface area contributed by atoms with Crippen molar-refractivity contribution in [2.75, 3.05) is 13.2 Å². The summed E-state index contributed by atoms with van der Waals surface area (Å²) in [5, 5.41) is 0. The van der Waals surface area contributed by atoms with Gasteiger partial charge in [0.2, 0.25) is 0 Å². The maximum atomic E-state index is 11.3. The van der Waals surface area contributed by atoms with Gasteiger partial charge >= 0.3 is 0 Å². The van der Waals surface area contributed by atoms with Crippen molar-refractivity contribution < 1.29 is 4.74 Å². The third-order valence-electron chi connectivity index (χ3n) is 2.64. The quantitative estimate of drug-likeness (QED) is 0.725. The Kier molecular flexibility index (Phi) is 3.13. The van der Waals surface area contributed by atoms with E-state index in [1.165, 1.54) is 0 Å². The summed E-state index contributed by atoms with van der Waals surface area (Å²) in [5.74, 6) is 0.898. The Morgan fingerprint density at radius 2 is 2.27 bits per heavy atom. The van der Waals surface area contributed by atoms with Crippen molar-refractivity contribution in [1.29, 1.82) is 0 Å². The van der Waals surface area contributed by atoms with Crippen LogP contribution in [0.1, 0.15) is 30.3 Å². The Hall–Kier alpha value is -1.20. The van der Waals surface area contributed by atoms with Crippen LogP contribution in [0.4, 0.5) is 0 Å². The Morgan fingerprint density at radius 3 is 2.93 bits per heavy atom. The highest BCUT2D eigenvalue weighted by Gasteiger charge is 2.17. The Balaban J connectivity index is 2.26. The molecule has 1 aromatic rings. The van der Waals surface area contributed by atoms with Crippen molar-refractivity contribution in [3.8, 4) is 0 Å². The van der Waals surface area contributed by atoms with Crippen molar-refractivity contribution >= 4 is 0 Å². The molecule has 1 saturated heterocycles. The van der Waals surface area contributed by atoms with E-state index in [0.717, 1.165) is 31.7 Å². The minimum Gasteiger partial charge on any atom is -0.381 e. The zero-order valence-corrected chi connectivity index (χ0v) is 8.53. The first kappa shape index (κ1) is 10.3. The second-order valence-electron chi connectivity index (χ2n) is 3.71. The zero-order valence-electron chi connectivity index (χ0n) is 8.53. The largest absolute Gasteiger partial charge is 0.381 e. The van der Waals surface area contributed by atoms with Crippen LogP contribution in [-0.2, 0) is 11.3 Å². The molecule has 0 radical (unpaired) electrons. The fourth-order valence-corrected chi connectivity index (χ4v) is 1.83. The van der Waals surface area contributed by atoms with Crippen LogP contribution in [-0.4, -0.2) is 23.2 Å². The van der Waals surface area contributed by atoms with Gasteiger partial charge in [-0.15, -0.1) is 0 Å². The van der Waals surface area contributed by atoms with Crippen molar-refractivity contribution in [2.45, 2.75) is 25.3 Å². The monoisotopic (exact) mass is 209 g/mol. The first-order valence-electron chi connectivity index (χ1n) is 5.17. The van der Waals surface area contributed by atoms with Crippen molar-refractivity contribution in [1.82, 2.24) is 9.97 Å². The number of rotatable bonds is 2. The zero-order chi connectivity index (χ0) is 10.7. The van der Waals surface area contributed by atoms with Crippen LogP contribution < -0.4 is 11.3 Å². The summed E-state index contributed by atoms with van der Waals surface area (Å²) in [5.41, 5.74) is 6.19. The molecule has 1 aliphatic rings. The van der Waals surface area contributed by atoms with E-state index >= 15 is 0 Å². The lowest BCUT2D eigenvalue weighted by Crippen LogP contribution is -2.20. The fourth-order valence-electron chi connectivity index (χ4n) is 1.83. The smallest absolute Gasteiger partial charge is 0.251 e. The van der Waals surface area contributed by atoms with Crippen LogP contribution in [0, 0.1) is 0 Å². The van der Waals surface area contributed by atoms with Crippen LogP contribution in [0.3, 0.4) is 0 Å². The van der Waals surface area contributed by atoms with Gasteiger partial charge in [-0.25, -0.2) is 4.98 Å². The molecule has 1 fully saturated rings. The van der Waals surface area contributed by atoms with Gasteiger partial charge in [-0.05, 0) is 12.8 Å². The van der Waals surface area contributed by atoms with E-state index in [9.17, 15) is 4.79 Å². The Morgan fingerprint density at radius 1 is 1.53 bits per heavy atom. The molecule has 0 saturated carbocycles.